The first-order valence-electron chi connectivity index (χ1n) is 7.29. The summed E-state index contributed by atoms with van der Waals surface area (Å²) in [4.78, 5) is 1.83. The molecule has 1 saturated heterocycles. The van der Waals surface area contributed by atoms with E-state index in [-0.39, 0.29) is 17.7 Å². The predicted molar refractivity (Wildman–Crippen MR) is 77.2 cm³/mol. The number of alkyl halides is 3. The van der Waals surface area contributed by atoms with Gasteiger partial charge >= 0.3 is 6.18 Å². The minimum absolute atomic E-state index is 0.179. The third kappa shape index (κ3) is 3.90. The average molecular weight is 301 g/mol. The van der Waals surface area contributed by atoms with Gasteiger partial charge in [-0.1, -0.05) is 19.9 Å². The van der Waals surface area contributed by atoms with Gasteiger partial charge in [-0.2, -0.15) is 13.2 Å². The number of nitrogens with zero attached hydrogens (tertiary/aromatic N) is 1. The van der Waals surface area contributed by atoms with E-state index in [1.807, 2.05) is 4.90 Å². The Labute approximate surface area is 123 Å². The highest BCUT2D eigenvalue weighted by atomic mass is 19.4. The van der Waals surface area contributed by atoms with Crippen molar-refractivity contribution in [1.82, 2.24) is 0 Å². The number of hydrogen-bond donors (Lipinski definition) is 1. The van der Waals surface area contributed by atoms with Crippen LogP contribution in [0, 0.1) is 5.41 Å². The predicted octanol–water partition coefficient (Wildman–Crippen LogP) is 4.21. The second kappa shape index (κ2) is 5.87. The molecule has 0 bridgehead atoms. The van der Waals surface area contributed by atoms with Crippen molar-refractivity contribution in [2.24, 2.45) is 5.41 Å². The van der Waals surface area contributed by atoms with Crippen molar-refractivity contribution in [3.05, 3.63) is 29.3 Å². The molecule has 0 aromatic heterocycles. The fourth-order valence-corrected chi connectivity index (χ4v) is 2.85. The molecule has 1 aliphatic heterocycles. The second-order valence-electron chi connectivity index (χ2n) is 6.51. The lowest BCUT2D eigenvalue weighted by Gasteiger charge is -2.27. The monoisotopic (exact) mass is 301 g/mol. The Hall–Kier alpha value is -1.23. The van der Waals surface area contributed by atoms with Crippen molar-refractivity contribution in [2.45, 2.75) is 45.9 Å². The lowest BCUT2D eigenvalue weighted by atomic mass is 9.85. The fraction of sp³-hybridized carbons (Fsp3) is 0.625. The fourth-order valence-electron chi connectivity index (χ4n) is 2.85. The minimum Gasteiger partial charge on any atom is -0.392 e. The average Bonchev–Trinajstić information content (AvgIpc) is 2.58. The Morgan fingerprint density at radius 2 is 1.90 bits per heavy atom. The number of benzene rings is 1. The summed E-state index contributed by atoms with van der Waals surface area (Å²) >= 11 is 0. The Bertz CT molecular complexity index is 497. The summed E-state index contributed by atoms with van der Waals surface area (Å²) < 4.78 is 39.8. The van der Waals surface area contributed by atoms with E-state index in [1.165, 1.54) is 6.07 Å². The van der Waals surface area contributed by atoms with Crippen LogP contribution in [0.5, 0.6) is 0 Å². The smallest absolute Gasteiger partial charge is 0.392 e. The van der Waals surface area contributed by atoms with Crippen LogP contribution in [0.25, 0.3) is 0 Å². The number of aliphatic hydroxyl groups is 1. The molecular weight excluding hydrogens is 279 g/mol. The van der Waals surface area contributed by atoms with Crippen molar-refractivity contribution in [3.63, 3.8) is 0 Å². The highest BCUT2D eigenvalue weighted by Gasteiger charge is 2.36. The maximum Gasteiger partial charge on any atom is 0.418 e. The van der Waals surface area contributed by atoms with Crippen molar-refractivity contribution >= 4 is 5.69 Å². The summed E-state index contributed by atoms with van der Waals surface area (Å²) in [5.74, 6) is 0. The van der Waals surface area contributed by atoms with Gasteiger partial charge in [-0.05, 0) is 42.4 Å². The van der Waals surface area contributed by atoms with Crippen molar-refractivity contribution < 1.29 is 18.3 Å². The molecule has 1 heterocycles. The molecule has 1 aromatic rings. The van der Waals surface area contributed by atoms with Gasteiger partial charge in [0.2, 0.25) is 0 Å². The van der Waals surface area contributed by atoms with E-state index in [9.17, 15) is 13.2 Å². The van der Waals surface area contributed by atoms with Gasteiger partial charge in [0, 0.05) is 18.8 Å². The molecule has 0 saturated carbocycles. The van der Waals surface area contributed by atoms with Gasteiger partial charge in [0.05, 0.1) is 12.2 Å². The van der Waals surface area contributed by atoms with Crippen LogP contribution in [0.2, 0.25) is 0 Å². The maximum atomic E-state index is 13.3. The summed E-state index contributed by atoms with van der Waals surface area (Å²) in [6.07, 6.45) is -1.60. The van der Waals surface area contributed by atoms with Crippen LogP contribution in [0.4, 0.5) is 18.9 Å². The second-order valence-corrected chi connectivity index (χ2v) is 6.51. The van der Waals surface area contributed by atoms with Crippen molar-refractivity contribution in [1.29, 1.82) is 0 Å². The number of rotatable bonds is 2. The lowest BCUT2D eigenvalue weighted by molar-refractivity contribution is -0.137. The molecule has 118 valence electrons. The third-order valence-electron chi connectivity index (χ3n) is 4.23. The van der Waals surface area contributed by atoms with Crippen LogP contribution < -0.4 is 4.90 Å². The van der Waals surface area contributed by atoms with Crippen LogP contribution in [0.15, 0.2) is 18.2 Å². The number of halogens is 3. The number of aliphatic hydroxyl groups excluding tert-OH is 1. The molecule has 0 atom stereocenters. The molecule has 0 amide bonds. The quantitative estimate of drug-likeness (QED) is 0.884. The van der Waals surface area contributed by atoms with E-state index >= 15 is 0 Å². The third-order valence-corrected chi connectivity index (χ3v) is 4.23. The van der Waals surface area contributed by atoms with E-state index in [1.54, 1.807) is 6.07 Å². The summed E-state index contributed by atoms with van der Waals surface area (Å²) in [6, 6.07) is 4.12. The zero-order valence-electron chi connectivity index (χ0n) is 12.5. The van der Waals surface area contributed by atoms with Crippen molar-refractivity contribution in [2.75, 3.05) is 18.0 Å². The summed E-state index contributed by atoms with van der Waals surface area (Å²) in [7, 11) is 0. The molecule has 1 N–H and O–H groups in total. The van der Waals surface area contributed by atoms with Gasteiger partial charge in [-0.15, -0.1) is 0 Å². The van der Waals surface area contributed by atoms with E-state index < -0.39 is 11.7 Å². The first-order chi connectivity index (χ1) is 9.73. The molecule has 21 heavy (non-hydrogen) atoms. The largest absolute Gasteiger partial charge is 0.418 e. The van der Waals surface area contributed by atoms with Crippen LogP contribution in [0.3, 0.4) is 0 Å². The Balaban J connectivity index is 2.34. The van der Waals surface area contributed by atoms with E-state index in [2.05, 4.69) is 13.8 Å². The molecule has 2 rings (SSSR count). The standard InChI is InChI=1S/C16H22F3NO/c1-15(2)6-3-8-20(9-7-15)14-5-4-12(11-21)10-13(14)16(17,18)19/h4-5,10,21H,3,6-9,11H2,1-2H3. The molecule has 5 heteroatoms. The molecule has 2 nitrogen and oxygen atoms in total. The summed E-state index contributed by atoms with van der Waals surface area (Å²) in [5, 5.41) is 9.06. The topological polar surface area (TPSA) is 23.5 Å². The Morgan fingerprint density at radius 3 is 2.52 bits per heavy atom. The van der Waals surface area contributed by atoms with Crippen LogP contribution in [-0.4, -0.2) is 18.2 Å². The number of hydrogen-bond acceptors (Lipinski definition) is 2. The Morgan fingerprint density at radius 1 is 1.19 bits per heavy atom. The van der Waals surface area contributed by atoms with Crippen LogP contribution in [-0.2, 0) is 12.8 Å². The first-order valence-corrected chi connectivity index (χ1v) is 7.29. The van der Waals surface area contributed by atoms with E-state index in [0.717, 1.165) is 25.3 Å². The van der Waals surface area contributed by atoms with Gasteiger partial charge in [0.1, 0.15) is 0 Å². The first kappa shape index (κ1) is 16.1. The normalized spacial score (nSPS) is 19.4. The zero-order valence-corrected chi connectivity index (χ0v) is 12.5. The summed E-state index contributed by atoms with van der Waals surface area (Å²) in [5.41, 5.74) is 0.0606. The molecule has 1 aromatic carbocycles. The molecule has 0 radical (unpaired) electrons. The molecule has 0 spiro atoms. The maximum absolute atomic E-state index is 13.3. The van der Waals surface area contributed by atoms with Crippen LogP contribution >= 0.6 is 0 Å². The van der Waals surface area contributed by atoms with Gasteiger partial charge in [-0.3, -0.25) is 0 Å². The van der Waals surface area contributed by atoms with E-state index in [4.69, 9.17) is 5.11 Å². The van der Waals surface area contributed by atoms with Gasteiger partial charge < -0.3 is 10.0 Å². The SMILES string of the molecule is CC1(C)CCCN(c2ccc(CO)cc2C(F)(F)F)CC1. The molecule has 0 unspecified atom stereocenters. The number of anilines is 1. The van der Waals surface area contributed by atoms with Crippen LogP contribution in [0.1, 0.15) is 44.2 Å². The molecule has 1 aliphatic rings. The summed E-state index contributed by atoms with van der Waals surface area (Å²) in [6.45, 7) is 5.22. The van der Waals surface area contributed by atoms with Crippen molar-refractivity contribution in [3.8, 4) is 0 Å². The molecule has 1 fully saturated rings. The van der Waals surface area contributed by atoms with Gasteiger partial charge in [-0.25, -0.2) is 0 Å². The molecular formula is C16H22F3NO. The highest BCUT2D eigenvalue weighted by Crippen LogP contribution is 2.39. The van der Waals surface area contributed by atoms with E-state index in [0.29, 0.717) is 18.7 Å². The zero-order chi connectivity index (χ0) is 15.7. The van der Waals surface area contributed by atoms with Gasteiger partial charge in [0.25, 0.3) is 0 Å². The Kier molecular flexibility index (Phi) is 4.51. The highest BCUT2D eigenvalue weighted by molar-refractivity contribution is 5.56. The lowest BCUT2D eigenvalue weighted by Crippen LogP contribution is -2.27. The minimum atomic E-state index is -4.40. The molecule has 0 aliphatic carbocycles. The van der Waals surface area contributed by atoms with Gasteiger partial charge in [0.15, 0.2) is 0 Å².